The number of nitrogens with one attached hydrogen (secondary N) is 2. The van der Waals surface area contributed by atoms with Gasteiger partial charge < -0.3 is 14.7 Å². The summed E-state index contributed by atoms with van der Waals surface area (Å²) in [5, 5.41) is 3.92. The lowest BCUT2D eigenvalue weighted by Gasteiger charge is -2.39. The minimum atomic E-state index is -0.472. The number of fused-ring (bicyclic) bond motifs is 2. The Balaban J connectivity index is 1.86. The van der Waals surface area contributed by atoms with Gasteiger partial charge in [0.15, 0.2) is 5.16 Å². The smallest absolute Gasteiger partial charge is 0.257 e. The van der Waals surface area contributed by atoms with Crippen molar-refractivity contribution in [3.8, 4) is 0 Å². The maximum Gasteiger partial charge on any atom is 0.257 e. The number of allylic oxidation sites excluding steroid dienone is 2. The van der Waals surface area contributed by atoms with Crippen LogP contribution in [0.2, 0.25) is 0 Å². The van der Waals surface area contributed by atoms with Crippen molar-refractivity contribution in [2.75, 3.05) is 11.1 Å². The van der Waals surface area contributed by atoms with Gasteiger partial charge in [-0.3, -0.25) is 9.59 Å². The molecule has 2 aromatic heterocycles. The Morgan fingerprint density at radius 2 is 2.07 bits per heavy atom. The zero-order chi connectivity index (χ0) is 20.8. The highest BCUT2D eigenvalue weighted by Crippen LogP contribution is 2.48. The number of carbonyl (C=O) groups excluding carboxylic acids is 1. The highest BCUT2D eigenvalue weighted by Gasteiger charge is 2.46. The molecule has 0 saturated carbocycles. The first-order valence-electron chi connectivity index (χ1n) is 10.1. The van der Waals surface area contributed by atoms with Gasteiger partial charge in [-0.05, 0) is 30.9 Å². The lowest BCUT2D eigenvalue weighted by molar-refractivity contribution is -0.124. The SMILES string of the molecule is CCCCSc1nc2c(c(=O)[nH]1)[C@@H](c1ccc(C)o1)[C@@H]1C(=O)CC(C)(C)C=C1N2. The molecule has 1 aliphatic heterocycles. The molecule has 0 radical (unpaired) electrons. The van der Waals surface area contributed by atoms with Gasteiger partial charge in [0.05, 0.1) is 17.4 Å². The lowest BCUT2D eigenvalue weighted by Crippen LogP contribution is -2.41. The van der Waals surface area contributed by atoms with Crippen LogP contribution in [0.5, 0.6) is 0 Å². The second-order valence-electron chi connectivity index (χ2n) is 8.60. The third-order valence-electron chi connectivity index (χ3n) is 5.50. The van der Waals surface area contributed by atoms with Crippen molar-refractivity contribution >= 4 is 23.4 Å². The van der Waals surface area contributed by atoms with Crippen LogP contribution in [0.4, 0.5) is 5.82 Å². The molecule has 0 fully saturated rings. The first-order valence-corrected chi connectivity index (χ1v) is 11.1. The van der Waals surface area contributed by atoms with E-state index >= 15 is 0 Å². The third-order valence-corrected chi connectivity index (χ3v) is 6.46. The molecule has 7 heteroatoms. The van der Waals surface area contributed by atoms with Crippen LogP contribution in [0.1, 0.15) is 63.0 Å². The molecule has 29 heavy (non-hydrogen) atoms. The summed E-state index contributed by atoms with van der Waals surface area (Å²) in [6, 6.07) is 3.73. The Morgan fingerprint density at radius 1 is 1.28 bits per heavy atom. The van der Waals surface area contributed by atoms with Gasteiger partial charge in [-0.15, -0.1) is 0 Å². The summed E-state index contributed by atoms with van der Waals surface area (Å²) in [5.41, 5.74) is 0.851. The van der Waals surface area contributed by atoms with Gasteiger partial charge in [-0.25, -0.2) is 4.98 Å². The Bertz CT molecular complexity index is 1030. The van der Waals surface area contributed by atoms with Gasteiger partial charge in [-0.2, -0.15) is 0 Å². The standard InChI is InChI=1S/C22H27N3O3S/c1-5-6-9-29-21-24-19-18(20(27)25-21)17(15-8-7-12(2)28-15)16-13(23-19)10-22(3,4)11-14(16)26/h7-8,10,16-17H,5-6,9,11H2,1-4H3,(H2,23,24,25,27)/t16-,17-/m0/s1. The summed E-state index contributed by atoms with van der Waals surface area (Å²) in [5.74, 6) is 2.00. The zero-order valence-corrected chi connectivity index (χ0v) is 18.1. The number of rotatable bonds is 5. The zero-order valence-electron chi connectivity index (χ0n) is 17.3. The van der Waals surface area contributed by atoms with E-state index in [-0.39, 0.29) is 16.8 Å². The van der Waals surface area contributed by atoms with E-state index in [2.05, 4.69) is 37.1 Å². The van der Waals surface area contributed by atoms with Crippen molar-refractivity contribution in [2.24, 2.45) is 11.3 Å². The number of anilines is 1. The highest BCUT2D eigenvalue weighted by atomic mass is 32.2. The maximum atomic E-state index is 13.1. The van der Waals surface area contributed by atoms with E-state index in [9.17, 15) is 9.59 Å². The van der Waals surface area contributed by atoms with Gasteiger partial charge >= 0.3 is 0 Å². The summed E-state index contributed by atoms with van der Waals surface area (Å²) < 4.78 is 5.90. The predicted molar refractivity (Wildman–Crippen MR) is 114 cm³/mol. The van der Waals surface area contributed by atoms with Gasteiger partial charge in [-0.1, -0.05) is 45.0 Å². The van der Waals surface area contributed by atoms with Crippen LogP contribution in [-0.4, -0.2) is 21.5 Å². The Kier molecular flexibility index (Phi) is 5.19. The molecule has 0 aromatic carbocycles. The summed E-state index contributed by atoms with van der Waals surface area (Å²) >= 11 is 1.55. The Hall–Kier alpha value is -2.28. The van der Waals surface area contributed by atoms with E-state index in [1.165, 1.54) is 0 Å². The monoisotopic (exact) mass is 413 g/mol. The van der Waals surface area contributed by atoms with Crippen LogP contribution in [0.3, 0.4) is 0 Å². The van der Waals surface area contributed by atoms with E-state index in [0.717, 1.165) is 30.1 Å². The number of nitrogens with zero attached hydrogens (tertiary/aromatic N) is 1. The lowest BCUT2D eigenvalue weighted by atomic mass is 9.68. The summed E-state index contributed by atoms with van der Waals surface area (Å²) in [6.45, 7) is 8.10. The average Bonchev–Trinajstić information content (AvgIpc) is 3.05. The number of furan rings is 1. The quantitative estimate of drug-likeness (QED) is 0.422. The molecule has 154 valence electrons. The van der Waals surface area contributed by atoms with Crippen LogP contribution >= 0.6 is 11.8 Å². The number of H-pyrrole nitrogens is 1. The normalized spacial score (nSPS) is 22.5. The average molecular weight is 414 g/mol. The van der Waals surface area contributed by atoms with Crippen LogP contribution in [-0.2, 0) is 4.79 Å². The molecule has 0 unspecified atom stereocenters. The molecular formula is C22H27N3O3S. The fourth-order valence-electron chi connectivity index (χ4n) is 4.23. The highest BCUT2D eigenvalue weighted by molar-refractivity contribution is 7.99. The minimum absolute atomic E-state index is 0.116. The second kappa shape index (κ2) is 7.52. The molecular weight excluding hydrogens is 386 g/mol. The largest absolute Gasteiger partial charge is 0.466 e. The predicted octanol–water partition coefficient (Wildman–Crippen LogP) is 4.62. The molecule has 4 rings (SSSR count). The molecule has 2 N–H and O–H groups in total. The van der Waals surface area contributed by atoms with Crippen LogP contribution in [0.15, 0.2) is 38.3 Å². The van der Waals surface area contributed by atoms with Gasteiger partial charge in [0.2, 0.25) is 0 Å². The van der Waals surface area contributed by atoms with Crippen molar-refractivity contribution in [3.63, 3.8) is 0 Å². The Labute approximate surface area is 174 Å². The van der Waals surface area contributed by atoms with E-state index in [1.54, 1.807) is 11.8 Å². The number of hydrogen-bond donors (Lipinski definition) is 2. The summed E-state index contributed by atoms with van der Waals surface area (Å²) in [6.07, 6.45) is 4.69. The molecule has 2 atom stereocenters. The number of unbranched alkanes of at least 4 members (excludes halogenated alkanes) is 1. The van der Waals surface area contributed by atoms with Crippen molar-refractivity contribution in [1.82, 2.24) is 9.97 Å². The van der Waals surface area contributed by atoms with Crippen LogP contribution < -0.4 is 10.9 Å². The maximum absolute atomic E-state index is 13.1. The number of aryl methyl sites for hydroxylation is 1. The third kappa shape index (κ3) is 3.80. The fourth-order valence-corrected chi connectivity index (χ4v) is 5.18. The Morgan fingerprint density at radius 3 is 2.76 bits per heavy atom. The first kappa shape index (κ1) is 20.0. The molecule has 3 heterocycles. The molecule has 0 bridgehead atoms. The first-order chi connectivity index (χ1) is 13.8. The number of aromatic amines is 1. The molecule has 1 aliphatic carbocycles. The van der Waals surface area contributed by atoms with Crippen molar-refractivity contribution in [3.05, 3.63) is 51.3 Å². The number of Topliss-reactive ketones (excluding diaryl/α,β-unsaturated/α-hetero) is 1. The van der Waals surface area contributed by atoms with Crippen molar-refractivity contribution in [2.45, 2.75) is 58.0 Å². The van der Waals surface area contributed by atoms with E-state index in [0.29, 0.717) is 28.7 Å². The topological polar surface area (TPSA) is 88.0 Å². The van der Waals surface area contributed by atoms with Crippen molar-refractivity contribution in [1.29, 1.82) is 0 Å². The number of ketones is 1. The van der Waals surface area contributed by atoms with Crippen LogP contribution in [0.25, 0.3) is 0 Å². The molecule has 2 aliphatic rings. The minimum Gasteiger partial charge on any atom is -0.466 e. The molecule has 0 saturated heterocycles. The summed E-state index contributed by atoms with van der Waals surface area (Å²) in [4.78, 5) is 33.8. The number of carbonyl (C=O) groups is 1. The van der Waals surface area contributed by atoms with Gasteiger partial charge in [0.1, 0.15) is 23.1 Å². The van der Waals surface area contributed by atoms with E-state index in [1.807, 2.05) is 19.1 Å². The number of hydrogen-bond acceptors (Lipinski definition) is 6. The van der Waals surface area contributed by atoms with E-state index < -0.39 is 11.8 Å². The molecule has 0 spiro atoms. The second-order valence-corrected chi connectivity index (χ2v) is 9.68. The number of aromatic nitrogens is 2. The van der Waals surface area contributed by atoms with Gasteiger partial charge in [0, 0.05) is 17.9 Å². The molecule has 6 nitrogen and oxygen atoms in total. The van der Waals surface area contributed by atoms with Crippen LogP contribution in [0, 0.1) is 18.3 Å². The summed E-state index contributed by atoms with van der Waals surface area (Å²) in [7, 11) is 0. The van der Waals surface area contributed by atoms with Gasteiger partial charge in [0.25, 0.3) is 5.56 Å². The molecule has 0 amide bonds. The van der Waals surface area contributed by atoms with Crippen molar-refractivity contribution < 1.29 is 9.21 Å². The number of thioether (sulfide) groups is 1. The molecule has 2 aromatic rings. The fraction of sp³-hybridized carbons (Fsp3) is 0.500. The van der Waals surface area contributed by atoms with E-state index in [4.69, 9.17) is 9.40 Å².